The summed E-state index contributed by atoms with van der Waals surface area (Å²) in [6.07, 6.45) is 1.79. The largest absolute Gasteiger partial charge is 0.449 e. The van der Waals surface area contributed by atoms with E-state index in [-0.39, 0.29) is 5.56 Å². The van der Waals surface area contributed by atoms with Crippen molar-refractivity contribution in [1.29, 1.82) is 0 Å². The molecular formula is C23H17BrN2O2S2. The SMILES string of the molecule is Cc1ccc(Sc2oc(/C=c3\sc4nc5cc(C)c(C)cc5n4c3=O)cc2Br)cc1. The Morgan fingerprint density at radius 3 is 2.60 bits per heavy atom. The van der Waals surface area contributed by atoms with Crippen molar-refractivity contribution < 1.29 is 4.42 Å². The molecule has 0 saturated carbocycles. The van der Waals surface area contributed by atoms with E-state index in [9.17, 15) is 4.79 Å². The molecule has 7 heteroatoms. The van der Waals surface area contributed by atoms with E-state index in [1.807, 2.05) is 25.1 Å². The van der Waals surface area contributed by atoms with Gasteiger partial charge in [-0.15, -0.1) is 0 Å². The fraction of sp³-hybridized carbons (Fsp3) is 0.130. The lowest BCUT2D eigenvalue weighted by Gasteiger charge is -1.99. The molecule has 0 aliphatic rings. The molecule has 0 aliphatic heterocycles. The van der Waals surface area contributed by atoms with Crippen molar-refractivity contribution in [2.75, 3.05) is 0 Å². The van der Waals surface area contributed by atoms with Gasteiger partial charge in [0.1, 0.15) is 10.3 Å². The second kappa shape index (κ2) is 7.41. The molecular weight excluding hydrogens is 480 g/mol. The van der Waals surface area contributed by atoms with Crippen LogP contribution in [-0.4, -0.2) is 9.38 Å². The number of rotatable bonds is 3. The lowest BCUT2D eigenvalue weighted by atomic mass is 10.1. The molecule has 0 unspecified atom stereocenters. The van der Waals surface area contributed by atoms with Crippen LogP contribution in [0, 0.1) is 20.8 Å². The van der Waals surface area contributed by atoms with Crippen molar-refractivity contribution in [3.63, 3.8) is 0 Å². The maximum absolute atomic E-state index is 13.1. The third-order valence-electron chi connectivity index (χ3n) is 5.03. The van der Waals surface area contributed by atoms with Gasteiger partial charge in [0.15, 0.2) is 10.1 Å². The van der Waals surface area contributed by atoms with Gasteiger partial charge in [-0.25, -0.2) is 9.38 Å². The Hall–Kier alpha value is -2.35. The number of nitrogens with zero attached hydrogens (tertiary/aromatic N) is 2. The summed E-state index contributed by atoms with van der Waals surface area (Å²) in [5.41, 5.74) is 5.17. The summed E-state index contributed by atoms with van der Waals surface area (Å²) < 4.78 is 9.16. The molecule has 0 amide bonds. The quantitative estimate of drug-likeness (QED) is 0.312. The zero-order chi connectivity index (χ0) is 21.0. The van der Waals surface area contributed by atoms with Crippen molar-refractivity contribution in [2.24, 2.45) is 0 Å². The van der Waals surface area contributed by atoms with E-state index in [0.29, 0.717) is 15.3 Å². The Morgan fingerprint density at radius 2 is 1.83 bits per heavy atom. The summed E-state index contributed by atoms with van der Waals surface area (Å²) in [6.45, 7) is 6.17. The van der Waals surface area contributed by atoms with Crippen molar-refractivity contribution in [2.45, 2.75) is 30.8 Å². The molecule has 0 radical (unpaired) electrons. The van der Waals surface area contributed by atoms with Gasteiger partial charge in [0.05, 0.1) is 15.5 Å². The number of halogens is 1. The smallest absolute Gasteiger partial charge is 0.275 e. The van der Waals surface area contributed by atoms with E-state index in [2.05, 4.69) is 59.0 Å². The number of aromatic nitrogens is 2. The molecule has 30 heavy (non-hydrogen) atoms. The predicted octanol–water partition coefficient (Wildman–Crippen LogP) is 5.89. The normalized spacial score (nSPS) is 12.5. The highest BCUT2D eigenvalue weighted by Crippen LogP contribution is 2.36. The zero-order valence-corrected chi connectivity index (χ0v) is 19.7. The van der Waals surface area contributed by atoms with Gasteiger partial charge in [0.25, 0.3) is 5.56 Å². The Morgan fingerprint density at radius 1 is 1.10 bits per heavy atom. The Balaban J connectivity index is 1.56. The zero-order valence-electron chi connectivity index (χ0n) is 16.5. The van der Waals surface area contributed by atoms with Gasteiger partial charge in [0.2, 0.25) is 0 Å². The minimum Gasteiger partial charge on any atom is -0.449 e. The molecule has 0 spiro atoms. The first-order valence-electron chi connectivity index (χ1n) is 9.37. The topological polar surface area (TPSA) is 47.5 Å². The summed E-state index contributed by atoms with van der Waals surface area (Å²) >= 11 is 6.49. The molecule has 0 saturated heterocycles. The number of hydrogen-bond acceptors (Lipinski definition) is 5. The fourth-order valence-corrected chi connectivity index (χ4v) is 5.57. The summed E-state index contributed by atoms with van der Waals surface area (Å²) in [4.78, 5) is 19.5. The van der Waals surface area contributed by atoms with E-state index in [1.165, 1.54) is 22.5 Å². The predicted molar refractivity (Wildman–Crippen MR) is 127 cm³/mol. The highest BCUT2D eigenvalue weighted by molar-refractivity contribution is 9.10. The van der Waals surface area contributed by atoms with Crippen LogP contribution in [0.4, 0.5) is 0 Å². The average molecular weight is 497 g/mol. The molecule has 0 N–H and O–H groups in total. The fourth-order valence-electron chi connectivity index (χ4n) is 3.27. The lowest BCUT2D eigenvalue weighted by molar-refractivity contribution is 0.463. The molecule has 0 aliphatic carbocycles. The molecule has 2 aromatic carbocycles. The maximum Gasteiger partial charge on any atom is 0.275 e. The standard InChI is InChI=1S/C23H17BrN2O2S2/c1-12-4-6-16(7-5-12)29-22-17(24)10-15(28-22)11-20-21(27)26-19-9-14(3)13(2)8-18(19)25-23(26)30-20/h4-11H,1-3H3/b20-11-. The number of thiazole rings is 1. The maximum atomic E-state index is 13.1. The van der Waals surface area contributed by atoms with E-state index in [0.717, 1.165) is 31.1 Å². The lowest BCUT2D eigenvalue weighted by Crippen LogP contribution is -2.22. The summed E-state index contributed by atoms with van der Waals surface area (Å²) in [5.74, 6) is 0.634. The third kappa shape index (κ3) is 3.41. The molecule has 5 rings (SSSR count). The van der Waals surface area contributed by atoms with Crippen LogP contribution in [0.15, 0.2) is 66.1 Å². The number of benzene rings is 2. The first-order chi connectivity index (χ1) is 14.4. The molecule has 0 bridgehead atoms. The second-order valence-corrected chi connectivity index (χ2v) is 10.2. The number of imidazole rings is 1. The minimum absolute atomic E-state index is 0.0685. The van der Waals surface area contributed by atoms with Gasteiger partial charge in [-0.3, -0.25) is 4.79 Å². The second-order valence-electron chi connectivity index (χ2n) is 7.27. The highest BCUT2D eigenvalue weighted by atomic mass is 79.9. The summed E-state index contributed by atoms with van der Waals surface area (Å²) in [6, 6.07) is 14.2. The van der Waals surface area contributed by atoms with Gasteiger partial charge in [-0.05, 0) is 78.2 Å². The molecule has 150 valence electrons. The van der Waals surface area contributed by atoms with Crippen LogP contribution >= 0.6 is 39.0 Å². The van der Waals surface area contributed by atoms with E-state index < -0.39 is 0 Å². The van der Waals surface area contributed by atoms with Gasteiger partial charge < -0.3 is 4.42 Å². The number of furan rings is 1. The van der Waals surface area contributed by atoms with Crippen molar-refractivity contribution in [3.05, 3.63) is 84.3 Å². The number of fused-ring (bicyclic) bond motifs is 3. The third-order valence-corrected chi connectivity index (χ3v) is 7.85. The Kier molecular flexibility index (Phi) is 4.84. The minimum atomic E-state index is -0.0685. The first kappa shape index (κ1) is 19.6. The van der Waals surface area contributed by atoms with E-state index >= 15 is 0 Å². The molecule has 0 fully saturated rings. The van der Waals surface area contributed by atoms with E-state index in [1.54, 1.807) is 22.2 Å². The average Bonchev–Trinajstić information content (AvgIpc) is 3.32. The first-order valence-corrected chi connectivity index (χ1v) is 11.8. The van der Waals surface area contributed by atoms with E-state index in [4.69, 9.17) is 4.42 Å². The van der Waals surface area contributed by atoms with Crippen LogP contribution < -0.4 is 10.1 Å². The molecule has 3 heterocycles. The number of hydrogen-bond donors (Lipinski definition) is 0. The van der Waals surface area contributed by atoms with Crippen molar-refractivity contribution in [1.82, 2.24) is 9.38 Å². The summed E-state index contributed by atoms with van der Waals surface area (Å²) in [5, 5.41) is 0.760. The number of aryl methyl sites for hydroxylation is 3. The van der Waals surface area contributed by atoms with Crippen LogP contribution in [-0.2, 0) is 0 Å². The van der Waals surface area contributed by atoms with Gasteiger partial charge in [-0.2, -0.15) is 0 Å². The van der Waals surface area contributed by atoms with Crippen LogP contribution in [0.5, 0.6) is 0 Å². The Labute approximate surface area is 189 Å². The van der Waals surface area contributed by atoms with Crippen LogP contribution in [0.1, 0.15) is 22.5 Å². The molecule has 3 aromatic heterocycles. The van der Waals surface area contributed by atoms with Crippen molar-refractivity contribution in [3.8, 4) is 0 Å². The molecule has 0 atom stereocenters. The summed E-state index contributed by atoms with van der Waals surface area (Å²) in [7, 11) is 0. The van der Waals surface area contributed by atoms with Crippen LogP contribution in [0.25, 0.3) is 22.1 Å². The van der Waals surface area contributed by atoms with Crippen LogP contribution in [0.2, 0.25) is 0 Å². The van der Waals surface area contributed by atoms with Gasteiger partial charge in [-0.1, -0.05) is 40.8 Å². The highest BCUT2D eigenvalue weighted by Gasteiger charge is 2.14. The van der Waals surface area contributed by atoms with Gasteiger partial charge >= 0.3 is 0 Å². The Bertz CT molecular complexity index is 1530. The van der Waals surface area contributed by atoms with Crippen molar-refractivity contribution >= 4 is 61.1 Å². The monoisotopic (exact) mass is 496 g/mol. The van der Waals surface area contributed by atoms with Crippen LogP contribution in [0.3, 0.4) is 0 Å². The van der Waals surface area contributed by atoms with Gasteiger partial charge in [0, 0.05) is 11.0 Å². The molecule has 4 nitrogen and oxygen atoms in total. The molecule has 5 aromatic rings.